The Balaban J connectivity index is 1.73. The van der Waals surface area contributed by atoms with E-state index in [0.29, 0.717) is 31.0 Å². The van der Waals surface area contributed by atoms with Crippen molar-refractivity contribution in [2.75, 3.05) is 20.7 Å². The van der Waals surface area contributed by atoms with Crippen molar-refractivity contribution < 1.29 is 19.4 Å². The summed E-state index contributed by atoms with van der Waals surface area (Å²) in [5, 5.41) is 11.6. The van der Waals surface area contributed by atoms with E-state index >= 15 is 0 Å². The van der Waals surface area contributed by atoms with Gasteiger partial charge in [-0.05, 0) is 73.7 Å². The fraction of sp³-hybridized carbons (Fsp3) is 0.438. The summed E-state index contributed by atoms with van der Waals surface area (Å²) in [4.78, 5) is 26.0. The van der Waals surface area contributed by atoms with Gasteiger partial charge in [-0.25, -0.2) is 4.31 Å². The van der Waals surface area contributed by atoms with Crippen LogP contribution in [0, 0.1) is 5.41 Å². The lowest BCUT2D eigenvalue weighted by molar-refractivity contribution is -0.144. The zero-order chi connectivity index (χ0) is 28.6. The van der Waals surface area contributed by atoms with E-state index in [0.717, 1.165) is 59.2 Å². The lowest BCUT2D eigenvalue weighted by Crippen LogP contribution is -2.23. The Morgan fingerprint density at radius 2 is 2.00 bits per heavy atom. The maximum atomic E-state index is 13.2. The molecule has 0 radical (unpaired) electrons. The SMILES string of the molecule is C=CCN(C)SNC(=O)c1ccc2c(C(CCC)CCC)c3n(c2c1)CC1(C(=O)O)CC1c1cc(OC)ccc1-3. The van der Waals surface area contributed by atoms with Crippen LogP contribution in [0.25, 0.3) is 22.2 Å². The minimum absolute atomic E-state index is 0.0722. The van der Waals surface area contributed by atoms with Crippen molar-refractivity contribution >= 4 is 34.9 Å². The first kappa shape index (κ1) is 28.3. The minimum Gasteiger partial charge on any atom is -0.497 e. The molecule has 2 atom stereocenters. The van der Waals surface area contributed by atoms with Crippen molar-refractivity contribution in [2.24, 2.45) is 5.41 Å². The highest BCUT2D eigenvalue weighted by molar-refractivity contribution is 7.95. The molecule has 1 saturated carbocycles. The number of carboxylic acids is 1. The van der Waals surface area contributed by atoms with Crippen LogP contribution in [0.5, 0.6) is 5.75 Å². The summed E-state index contributed by atoms with van der Waals surface area (Å²) < 4.78 is 12.6. The molecule has 1 aliphatic carbocycles. The Kier molecular flexibility index (Phi) is 8.02. The molecule has 2 unspecified atom stereocenters. The number of carbonyl (C=O) groups is 2. The molecule has 5 rings (SSSR count). The molecule has 1 aromatic heterocycles. The summed E-state index contributed by atoms with van der Waals surface area (Å²) >= 11 is 1.24. The first-order chi connectivity index (χ1) is 19.3. The van der Waals surface area contributed by atoms with Crippen LogP contribution in [-0.2, 0) is 11.3 Å². The van der Waals surface area contributed by atoms with Gasteiger partial charge in [-0.3, -0.25) is 14.3 Å². The first-order valence-corrected chi connectivity index (χ1v) is 14.9. The number of fused-ring (bicyclic) bond motifs is 7. The monoisotopic (exact) mass is 561 g/mol. The van der Waals surface area contributed by atoms with Gasteiger partial charge in [0.2, 0.25) is 0 Å². The number of likely N-dealkylation sites (N-methyl/N-ethyl adjacent to an activating group) is 1. The molecule has 1 amide bonds. The van der Waals surface area contributed by atoms with E-state index in [1.54, 1.807) is 13.2 Å². The number of methoxy groups -OCH3 is 1. The molecule has 0 bridgehead atoms. The van der Waals surface area contributed by atoms with Gasteiger partial charge in [-0.1, -0.05) is 38.8 Å². The Bertz CT molecular complexity index is 1460. The predicted octanol–water partition coefficient (Wildman–Crippen LogP) is 6.98. The summed E-state index contributed by atoms with van der Waals surface area (Å²) in [6.07, 6.45) is 6.59. The third-order valence-electron chi connectivity index (χ3n) is 8.56. The van der Waals surface area contributed by atoms with Gasteiger partial charge in [-0.15, -0.1) is 6.58 Å². The first-order valence-electron chi connectivity index (χ1n) is 14.2. The van der Waals surface area contributed by atoms with E-state index in [2.05, 4.69) is 41.8 Å². The average molecular weight is 562 g/mol. The Morgan fingerprint density at radius 3 is 2.65 bits per heavy atom. The zero-order valence-electron chi connectivity index (χ0n) is 23.8. The van der Waals surface area contributed by atoms with Gasteiger partial charge in [0.25, 0.3) is 5.91 Å². The quantitative estimate of drug-likeness (QED) is 0.183. The maximum absolute atomic E-state index is 13.2. The number of nitrogens with zero attached hydrogens (tertiary/aromatic N) is 2. The zero-order valence-corrected chi connectivity index (χ0v) is 24.6. The standard InChI is InChI=1S/C32H39N3O4S/c1-6-9-20(10-7-2)28-24-13-11-21(30(36)33-40-34(4)15-8-3)16-27(24)35-19-32(31(37)38)18-26(32)25-17-22(39-5)12-14-23(25)29(28)35/h8,11-14,16-17,20,26H,3,6-7,9-10,15,18-19H2,1-2,4-5H3,(H,33,36)(H,37,38). The van der Waals surface area contributed by atoms with Gasteiger partial charge in [0.15, 0.2) is 0 Å². The largest absolute Gasteiger partial charge is 0.497 e. The molecule has 40 heavy (non-hydrogen) atoms. The smallest absolute Gasteiger partial charge is 0.312 e. The number of aliphatic carboxylic acids is 1. The van der Waals surface area contributed by atoms with Crippen LogP contribution in [0.1, 0.15) is 79.3 Å². The molecule has 2 heterocycles. The predicted molar refractivity (Wildman–Crippen MR) is 162 cm³/mol. The van der Waals surface area contributed by atoms with E-state index in [1.807, 2.05) is 35.6 Å². The highest BCUT2D eigenvalue weighted by atomic mass is 32.2. The van der Waals surface area contributed by atoms with Gasteiger partial charge in [0.05, 0.1) is 18.2 Å². The second-order valence-electron chi connectivity index (χ2n) is 11.1. The van der Waals surface area contributed by atoms with Gasteiger partial charge in [0.1, 0.15) is 5.75 Å². The van der Waals surface area contributed by atoms with Crippen LogP contribution in [0.3, 0.4) is 0 Å². The van der Waals surface area contributed by atoms with E-state index in [4.69, 9.17) is 4.74 Å². The van der Waals surface area contributed by atoms with Crippen molar-refractivity contribution in [3.05, 3.63) is 65.7 Å². The topological polar surface area (TPSA) is 83.8 Å². The van der Waals surface area contributed by atoms with E-state index in [9.17, 15) is 14.7 Å². The number of carboxylic acid groups (broad SMARTS) is 1. The number of amides is 1. The molecular weight excluding hydrogens is 522 g/mol. The number of ether oxygens (including phenoxy) is 1. The fourth-order valence-electron chi connectivity index (χ4n) is 6.56. The number of hydrogen-bond acceptors (Lipinski definition) is 5. The molecule has 212 valence electrons. The Morgan fingerprint density at radius 1 is 1.25 bits per heavy atom. The minimum atomic E-state index is -0.873. The lowest BCUT2D eigenvalue weighted by Gasteiger charge is -2.20. The number of carbonyl (C=O) groups excluding carboxylic acids is 1. The lowest BCUT2D eigenvalue weighted by atomic mass is 9.85. The van der Waals surface area contributed by atoms with Crippen molar-refractivity contribution in [1.29, 1.82) is 0 Å². The Labute approximate surface area is 240 Å². The van der Waals surface area contributed by atoms with Crippen LogP contribution in [0.15, 0.2) is 49.1 Å². The van der Waals surface area contributed by atoms with Crippen molar-refractivity contribution in [1.82, 2.24) is 13.6 Å². The van der Waals surface area contributed by atoms with Crippen LogP contribution >= 0.6 is 12.1 Å². The van der Waals surface area contributed by atoms with Gasteiger partial charge in [-0.2, -0.15) is 0 Å². The van der Waals surface area contributed by atoms with Gasteiger partial charge < -0.3 is 14.4 Å². The summed E-state index contributed by atoms with van der Waals surface area (Å²) in [6.45, 7) is 9.20. The molecule has 0 saturated heterocycles. The third-order valence-corrected chi connectivity index (χ3v) is 9.30. The molecular formula is C32H39N3O4S. The molecule has 1 fully saturated rings. The van der Waals surface area contributed by atoms with Crippen molar-refractivity contribution in [3.8, 4) is 17.0 Å². The number of rotatable bonds is 12. The van der Waals surface area contributed by atoms with E-state index in [1.165, 1.54) is 17.7 Å². The fourth-order valence-corrected chi connectivity index (χ4v) is 7.09. The highest BCUT2D eigenvalue weighted by Gasteiger charge is 2.63. The Hall–Kier alpha value is -3.23. The van der Waals surface area contributed by atoms with Crippen molar-refractivity contribution in [2.45, 2.75) is 64.3 Å². The number of benzene rings is 2. The van der Waals surface area contributed by atoms with Gasteiger partial charge in [0, 0.05) is 53.2 Å². The highest BCUT2D eigenvalue weighted by Crippen LogP contribution is 2.65. The molecule has 8 heteroatoms. The molecule has 2 N–H and O–H groups in total. The number of aromatic nitrogens is 1. The van der Waals surface area contributed by atoms with Crippen molar-refractivity contribution in [3.63, 3.8) is 0 Å². The molecule has 1 aliphatic heterocycles. The molecule has 2 aromatic carbocycles. The second-order valence-corrected chi connectivity index (χ2v) is 12.2. The van der Waals surface area contributed by atoms with Crippen LogP contribution in [-0.4, -0.2) is 46.6 Å². The van der Waals surface area contributed by atoms with Crippen LogP contribution in [0.4, 0.5) is 0 Å². The number of nitrogens with one attached hydrogen (secondary N) is 1. The third kappa shape index (κ3) is 4.81. The van der Waals surface area contributed by atoms with E-state index < -0.39 is 11.4 Å². The maximum Gasteiger partial charge on any atom is 0.312 e. The number of hydrogen-bond donors (Lipinski definition) is 2. The van der Waals surface area contributed by atoms with E-state index in [-0.39, 0.29) is 11.8 Å². The van der Waals surface area contributed by atoms with Crippen LogP contribution < -0.4 is 9.46 Å². The summed E-state index contributed by atoms with van der Waals surface area (Å²) in [6, 6.07) is 12.0. The normalized spacial score (nSPS) is 19.1. The average Bonchev–Trinajstić information content (AvgIpc) is 3.62. The van der Waals surface area contributed by atoms with Crippen LogP contribution in [0.2, 0.25) is 0 Å². The molecule has 2 aliphatic rings. The molecule has 0 spiro atoms. The summed E-state index contributed by atoms with van der Waals surface area (Å²) in [5.74, 6) is 0.0533. The summed E-state index contributed by atoms with van der Waals surface area (Å²) in [5.41, 5.74) is 5.12. The molecule has 7 nitrogen and oxygen atoms in total. The van der Waals surface area contributed by atoms with Gasteiger partial charge >= 0.3 is 5.97 Å². The summed E-state index contributed by atoms with van der Waals surface area (Å²) in [7, 11) is 3.54. The second kappa shape index (κ2) is 11.3. The molecule has 3 aromatic rings.